The lowest BCUT2D eigenvalue weighted by atomic mass is 9.85. The second kappa shape index (κ2) is 6.53. The fraction of sp³-hybridized carbons (Fsp3) is 0.647. The van der Waals surface area contributed by atoms with E-state index in [4.69, 9.17) is 0 Å². The molecule has 1 fully saturated rings. The number of hydrogen-bond donors (Lipinski definition) is 1. The van der Waals surface area contributed by atoms with Crippen molar-refractivity contribution in [3.05, 3.63) is 35.9 Å². The molecular formula is C17H27NO. The van der Waals surface area contributed by atoms with Gasteiger partial charge in [-0.25, -0.2) is 0 Å². The molecule has 1 N–H and O–H groups in total. The van der Waals surface area contributed by atoms with E-state index in [2.05, 4.69) is 49.1 Å². The fourth-order valence-corrected chi connectivity index (χ4v) is 2.78. The molecule has 0 saturated carbocycles. The zero-order valence-corrected chi connectivity index (χ0v) is 12.3. The molecule has 1 aromatic rings. The first-order valence-corrected chi connectivity index (χ1v) is 7.56. The van der Waals surface area contributed by atoms with E-state index >= 15 is 0 Å². The summed E-state index contributed by atoms with van der Waals surface area (Å²) in [7, 11) is 0. The standard InChI is InChI=1S/C17H27NO/c1-15(2)8-9-17(19)10-12-18(13-11-17)14-16-6-4-3-5-7-16/h3-7,15,19H,8-14H2,1-2H3. The zero-order valence-electron chi connectivity index (χ0n) is 12.3. The summed E-state index contributed by atoms with van der Waals surface area (Å²) in [6, 6.07) is 10.6. The lowest BCUT2D eigenvalue weighted by molar-refractivity contribution is -0.0326. The van der Waals surface area contributed by atoms with Crippen molar-refractivity contribution in [1.82, 2.24) is 4.90 Å². The molecule has 2 rings (SSSR count). The molecule has 0 amide bonds. The Balaban J connectivity index is 1.79. The number of nitrogens with zero attached hydrogens (tertiary/aromatic N) is 1. The van der Waals surface area contributed by atoms with Crippen molar-refractivity contribution in [2.24, 2.45) is 5.92 Å². The van der Waals surface area contributed by atoms with Gasteiger partial charge in [0.05, 0.1) is 5.60 Å². The number of rotatable bonds is 5. The van der Waals surface area contributed by atoms with Crippen molar-refractivity contribution in [2.75, 3.05) is 13.1 Å². The molecule has 0 aliphatic carbocycles. The van der Waals surface area contributed by atoms with E-state index in [1.165, 1.54) is 5.56 Å². The van der Waals surface area contributed by atoms with Crippen LogP contribution in [0.5, 0.6) is 0 Å². The van der Waals surface area contributed by atoms with Gasteiger partial charge in [-0.15, -0.1) is 0 Å². The van der Waals surface area contributed by atoms with Crippen LogP contribution in [0.3, 0.4) is 0 Å². The van der Waals surface area contributed by atoms with Crippen LogP contribution in [-0.4, -0.2) is 28.7 Å². The van der Waals surface area contributed by atoms with Gasteiger partial charge < -0.3 is 5.11 Å². The van der Waals surface area contributed by atoms with Crippen LogP contribution in [0.1, 0.15) is 45.1 Å². The highest BCUT2D eigenvalue weighted by atomic mass is 16.3. The van der Waals surface area contributed by atoms with Crippen LogP contribution in [0.2, 0.25) is 0 Å². The van der Waals surface area contributed by atoms with Crippen molar-refractivity contribution < 1.29 is 5.11 Å². The number of piperidine rings is 1. The molecule has 0 radical (unpaired) electrons. The number of likely N-dealkylation sites (tertiary alicyclic amines) is 1. The third kappa shape index (κ3) is 4.63. The maximum Gasteiger partial charge on any atom is 0.0672 e. The molecule has 1 aliphatic heterocycles. The van der Waals surface area contributed by atoms with Gasteiger partial charge in [0.15, 0.2) is 0 Å². The summed E-state index contributed by atoms with van der Waals surface area (Å²) in [6.07, 6.45) is 3.94. The third-order valence-corrected chi connectivity index (χ3v) is 4.22. The molecule has 106 valence electrons. The summed E-state index contributed by atoms with van der Waals surface area (Å²) in [5.74, 6) is 0.686. The Labute approximate surface area is 117 Å². The molecule has 1 aromatic carbocycles. The minimum atomic E-state index is -0.405. The van der Waals surface area contributed by atoms with E-state index in [-0.39, 0.29) is 0 Å². The van der Waals surface area contributed by atoms with Gasteiger partial charge in [0, 0.05) is 19.6 Å². The van der Waals surface area contributed by atoms with E-state index in [0.717, 1.165) is 45.3 Å². The number of aliphatic hydroxyl groups is 1. The fourth-order valence-electron chi connectivity index (χ4n) is 2.78. The van der Waals surface area contributed by atoms with Gasteiger partial charge in [0.2, 0.25) is 0 Å². The maximum atomic E-state index is 10.6. The van der Waals surface area contributed by atoms with Crippen LogP contribution in [0.15, 0.2) is 30.3 Å². The molecule has 0 aromatic heterocycles. The van der Waals surface area contributed by atoms with Crippen molar-refractivity contribution in [3.63, 3.8) is 0 Å². The Morgan fingerprint density at radius 2 is 1.79 bits per heavy atom. The highest BCUT2D eigenvalue weighted by Crippen LogP contribution is 2.29. The van der Waals surface area contributed by atoms with Gasteiger partial charge in [-0.3, -0.25) is 4.90 Å². The number of hydrogen-bond acceptors (Lipinski definition) is 2. The molecule has 0 unspecified atom stereocenters. The lowest BCUT2D eigenvalue weighted by Gasteiger charge is -2.38. The van der Waals surface area contributed by atoms with Crippen molar-refractivity contribution in [3.8, 4) is 0 Å². The van der Waals surface area contributed by atoms with Crippen LogP contribution >= 0.6 is 0 Å². The maximum absolute atomic E-state index is 10.6. The summed E-state index contributed by atoms with van der Waals surface area (Å²) >= 11 is 0. The second-order valence-corrected chi connectivity index (χ2v) is 6.42. The summed E-state index contributed by atoms with van der Waals surface area (Å²) < 4.78 is 0. The first-order valence-electron chi connectivity index (χ1n) is 7.56. The minimum absolute atomic E-state index is 0.405. The minimum Gasteiger partial charge on any atom is -0.390 e. The van der Waals surface area contributed by atoms with Crippen molar-refractivity contribution in [2.45, 2.75) is 51.7 Å². The molecule has 0 atom stereocenters. The van der Waals surface area contributed by atoms with E-state index in [1.54, 1.807) is 0 Å². The van der Waals surface area contributed by atoms with Gasteiger partial charge in [0.25, 0.3) is 0 Å². The molecule has 19 heavy (non-hydrogen) atoms. The van der Waals surface area contributed by atoms with Crippen LogP contribution in [0, 0.1) is 5.92 Å². The van der Waals surface area contributed by atoms with E-state index in [0.29, 0.717) is 5.92 Å². The molecule has 1 heterocycles. The molecule has 0 spiro atoms. The first kappa shape index (κ1) is 14.5. The third-order valence-electron chi connectivity index (χ3n) is 4.22. The number of benzene rings is 1. The average molecular weight is 261 g/mol. The Kier molecular flexibility index (Phi) is 5.00. The molecule has 1 saturated heterocycles. The lowest BCUT2D eigenvalue weighted by Crippen LogP contribution is -2.44. The Bertz CT molecular complexity index is 366. The topological polar surface area (TPSA) is 23.5 Å². The van der Waals surface area contributed by atoms with E-state index in [9.17, 15) is 5.11 Å². The monoisotopic (exact) mass is 261 g/mol. The van der Waals surface area contributed by atoms with Gasteiger partial charge in [-0.2, -0.15) is 0 Å². The SMILES string of the molecule is CC(C)CCC1(O)CCN(Cc2ccccc2)CC1. The normalized spacial score (nSPS) is 19.8. The molecule has 2 nitrogen and oxygen atoms in total. The highest BCUT2D eigenvalue weighted by molar-refractivity contribution is 5.14. The predicted octanol–water partition coefficient (Wildman–Crippen LogP) is 3.45. The van der Waals surface area contributed by atoms with E-state index in [1.807, 2.05) is 0 Å². The molecule has 0 bridgehead atoms. The zero-order chi connectivity index (χ0) is 13.7. The summed E-state index contributed by atoms with van der Waals surface area (Å²) in [5, 5.41) is 10.6. The van der Waals surface area contributed by atoms with E-state index < -0.39 is 5.60 Å². The van der Waals surface area contributed by atoms with Crippen LogP contribution < -0.4 is 0 Å². The smallest absolute Gasteiger partial charge is 0.0672 e. The average Bonchev–Trinajstić information content (AvgIpc) is 2.41. The Hall–Kier alpha value is -0.860. The Morgan fingerprint density at radius 3 is 2.37 bits per heavy atom. The summed E-state index contributed by atoms with van der Waals surface area (Å²) in [5.41, 5.74) is 0.965. The van der Waals surface area contributed by atoms with Crippen molar-refractivity contribution in [1.29, 1.82) is 0 Å². The van der Waals surface area contributed by atoms with Crippen LogP contribution in [0.4, 0.5) is 0 Å². The Morgan fingerprint density at radius 1 is 1.16 bits per heavy atom. The predicted molar refractivity (Wildman–Crippen MR) is 80.0 cm³/mol. The molecule has 1 aliphatic rings. The highest BCUT2D eigenvalue weighted by Gasteiger charge is 2.31. The van der Waals surface area contributed by atoms with Gasteiger partial charge >= 0.3 is 0 Å². The molecule has 2 heteroatoms. The summed E-state index contributed by atoms with van der Waals surface area (Å²) in [4.78, 5) is 2.46. The van der Waals surface area contributed by atoms with Gasteiger partial charge in [-0.1, -0.05) is 44.2 Å². The first-order chi connectivity index (χ1) is 9.07. The van der Waals surface area contributed by atoms with Gasteiger partial charge in [0.1, 0.15) is 0 Å². The summed E-state index contributed by atoms with van der Waals surface area (Å²) in [6.45, 7) is 7.51. The van der Waals surface area contributed by atoms with Crippen LogP contribution in [0.25, 0.3) is 0 Å². The second-order valence-electron chi connectivity index (χ2n) is 6.42. The molecular weight excluding hydrogens is 234 g/mol. The quantitative estimate of drug-likeness (QED) is 0.877. The van der Waals surface area contributed by atoms with Gasteiger partial charge in [-0.05, 0) is 37.2 Å². The largest absolute Gasteiger partial charge is 0.390 e. The van der Waals surface area contributed by atoms with Crippen molar-refractivity contribution >= 4 is 0 Å². The van der Waals surface area contributed by atoms with Crippen LogP contribution in [-0.2, 0) is 6.54 Å².